The fourth-order valence-electron chi connectivity index (χ4n) is 3.95. The summed E-state index contributed by atoms with van der Waals surface area (Å²) < 4.78 is 73.3. The summed E-state index contributed by atoms with van der Waals surface area (Å²) in [5, 5.41) is 2.75. The van der Waals surface area contributed by atoms with Gasteiger partial charge in [0, 0.05) is 18.7 Å². The highest BCUT2D eigenvalue weighted by Gasteiger charge is 2.33. The Labute approximate surface area is 243 Å². The first-order valence-electron chi connectivity index (χ1n) is 12.9. The molecule has 0 atom stereocenters. The number of ether oxygens (including phenoxy) is 1. The van der Waals surface area contributed by atoms with Crippen molar-refractivity contribution in [2.75, 3.05) is 0 Å². The van der Waals surface area contributed by atoms with Gasteiger partial charge in [-0.05, 0) is 69.0 Å². The van der Waals surface area contributed by atoms with Gasteiger partial charge in [0.1, 0.15) is 11.3 Å². The maximum atomic E-state index is 13.3. The van der Waals surface area contributed by atoms with Gasteiger partial charge < -0.3 is 10.1 Å². The number of aromatic nitrogens is 1. The molecule has 0 saturated heterocycles. The number of carbonyl (C=O) groups excluding carboxylic acids is 2. The maximum absolute atomic E-state index is 13.3. The molecule has 3 aromatic rings. The van der Waals surface area contributed by atoms with Gasteiger partial charge in [0.2, 0.25) is 5.91 Å². The van der Waals surface area contributed by atoms with Gasteiger partial charge in [-0.3, -0.25) is 4.79 Å². The third-order valence-corrected chi connectivity index (χ3v) is 6.84. The fraction of sp³-hybridized carbons (Fsp3) is 0.345. The number of rotatable bonds is 9. The molecule has 2 amide bonds. The summed E-state index contributed by atoms with van der Waals surface area (Å²) >= 11 is 0. The molecular formula is C29H33F3N4O5S. The fourth-order valence-corrected chi connectivity index (χ4v) is 4.64. The number of halogens is 3. The van der Waals surface area contributed by atoms with Crippen LogP contribution in [0.4, 0.5) is 18.0 Å². The van der Waals surface area contributed by atoms with Crippen LogP contribution in [0.15, 0.2) is 54.6 Å². The van der Waals surface area contributed by atoms with E-state index in [4.69, 9.17) is 4.74 Å². The Bertz CT molecular complexity index is 1570. The number of amides is 2. The van der Waals surface area contributed by atoms with Crippen molar-refractivity contribution in [3.05, 3.63) is 88.1 Å². The second-order valence-corrected chi connectivity index (χ2v) is 12.2. The van der Waals surface area contributed by atoms with Crippen LogP contribution in [0.5, 0.6) is 0 Å². The Morgan fingerprint density at radius 2 is 1.62 bits per heavy atom. The molecule has 0 aliphatic rings. The average Bonchev–Trinajstić information content (AvgIpc) is 2.85. The van der Waals surface area contributed by atoms with Crippen molar-refractivity contribution >= 4 is 22.2 Å². The van der Waals surface area contributed by atoms with E-state index in [1.54, 1.807) is 68.8 Å². The normalized spacial score (nSPS) is 12.1. The summed E-state index contributed by atoms with van der Waals surface area (Å²) in [5.74, 6) is -0.358. The highest BCUT2D eigenvalue weighted by Crippen LogP contribution is 2.31. The monoisotopic (exact) mass is 606 g/mol. The summed E-state index contributed by atoms with van der Waals surface area (Å²) in [6, 6.07) is 14.2. The Morgan fingerprint density at radius 1 is 0.929 bits per heavy atom. The molecule has 0 bridgehead atoms. The highest BCUT2D eigenvalue weighted by molar-refractivity contribution is 7.88. The van der Waals surface area contributed by atoms with E-state index in [0.29, 0.717) is 22.3 Å². The number of aryl methyl sites for hydroxylation is 2. The number of carbonyl (C=O) groups is 2. The molecule has 3 N–H and O–H groups in total. The predicted molar refractivity (Wildman–Crippen MR) is 151 cm³/mol. The number of benzene rings is 2. The first-order chi connectivity index (χ1) is 19.4. The van der Waals surface area contributed by atoms with Gasteiger partial charge in [-0.25, -0.2) is 14.5 Å². The van der Waals surface area contributed by atoms with E-state index in [1.807, 2.05) is 13.0 Å². The van der Waals surface area contributed by atoms with E-state index in [-0.39, 0.29) is 31.1 Å². The molecule has 0 aliphatic heterocycles. The molecule has 0 unspecified atom stereocenters. The van der Waals surface area contributed by atoms with Crippen LogP contribution >= 0.6 is 0 Å². The van der Waals surface area contributed by atoms with E-state index >= 15 is 0 Å². The van der Waals surface area contributed by atoms with Crippen LogP contribution in [0.3, 0.4) is 0 Å². The average molecular weight is 607 g/mol. The minimum absolute atomic E-state index is 0.00805. The molecule has 1 aromatic heterocycles. The second kappa shape index (κ2) is 12.9. The van der Waals surface area contributed by atoms with E-state index in [1.165, 1.54) is 6.07 Å². The Hall–Kier alpha value is -3.97. The Morgan fingerprint density at radius 3 is 2.24 bits per heavy atom. The Kier molecular flexibility index (Phi) is 10.0. The van der Waals surface area contributed by atoms with Crippen molar-refractivity contribution in [2.45, 2.75) is 65.9 Å². The van der Waals surface area contributed by atoms with Crippen LogP contribution in [0.1, 0.15) is 54.3 Å². The summed E-state index contributed by atoms with van der Waals surface area (Å²) in [4.78, 5) is 28.4. The number of pyridine rings is 1. The Balaban J connectivity index is 1.64. The first-order valence-corrected chi connectivity index (χ1v) is 14.4. The SMILES string of the molecule is Cc1cccc(-c2nc(C(F)(F)F)ccc2CNC(=O)Cc2ccc(CNS(=O)(=O)NC(=O)OC(C)(C)C)cc2C)c1. The van der Waals surface area contributed by atoms with E-state index in [2.05, 4.69) is 15.0 Å². The zero-order chi connectivity index (χ0) is 31.3. The van der Waals surface area contributed by atoms with Gasteiger partial charge in [0.15, 0.2) is 0 Å². The number of hydrogen-bond donors (Lipinski definition) is 3. The lowest BCUT2D eigenvalue weighted by Gasteiger charge is -2.19. The lowest BCUT2D eigenvalue weighted by Crippen LogP contribution is -2.42. The number of nitrogens with zero attached hydrogens (tertiary/aromatic N) is 1. The van der Waals surface area contributed by atoms with E-state index < -0.39 is 33.8 Å². The summed E-state index contributed by atoms with van der Waals surface area (Å²) in [6.45, 7) is 8.24. The van der Waals surface area contributed by atoms with Crippen molar-refractivity contribution in [2.24, 2.45) is 0 Å². The quantitative estimate of drug-likeness (QED) is 0.311. The van der Waals surface area contributed by atoms with Crippen molar-refractivity contribution in [3.8, 4) is 11.3 Å². The van der Waals surface area contributed by atoms with Crippen LogP contribution in [-0.4, -0.2) is 31.0 Å². The van der Waals surface area contributed by atoms with Crippen molar-refractivity contribution in [1.82, 2.24) is 19.7 Å². The van der Waals surface area contributed by atoms with Gasteiger partial charge in [0.05, 0.1) is 12.1 Å². The second-order valence-electron chi connectivity index (χ2n) is 10.7. The predicted octanol–water partition coefficient (Wildman–Crippen LogP) is 5.10. The molecule has 226 valence electrons. The minimum Gasteiger partial charge on any atom is -0.443 e. The molecule has 2 aromatic carbocycles. The minimum atomic E-state index is -4.61. The summed E-state index contributed by atoms with van der Waals surface area (Å²) in [5.41, 5.74) is 2.03. The van der Waals surface area contributed by atoms with Crippen LogP contribution < -0.4 is 14.8 Å². The molecular weight excluding hydrogens is 573 g/mol. The van der Waals surface area contributed by atoms with Gasteiger partial charge in [-0.1, -0.05) is 48.0 Å². The highest BCUT2D eigenvalue weighted by atomic mass is 32.2. The van der Waals surface area contributed by atoms with Gasteiger partial charge in [0.25, 0.3) is 0 Å². The third-order valence-electron chi connectivity index (χ3n) is 5.88. The molecule has 1 heterocycles. The lowest BCUT2D eigenvalue weighted by atomic mass is 10.0. The van der Waals surface area contributed by atoms with E-state index in [9.17, 15) is 31.2 Å². The molecule has 0 aliphatic carbocycles. The van der Waals surface area contributed by atoms with Gasteiger partial charge in [-0.15, -0.1) is 0 Å². The third kappa shape index (κ3) is 9.84. The molecule has 3 rings (SSSR count). The standard InChI is InChI=1S/C29H33F3N4O5S/c1-18-7-6-8-22(13-18)26-23(11-12-24(35-26)29(30,31)32)17-33-25(37)15-21-10-9-20(14-19(21)2)16-34-42(39,40)36-27(38)41-28(3,4)5/h6-14,34H,15-17H2,1-5H3,(H,33,37)(H,36,38). The van der Waals surface area contributed by atoms with Crippen LogP contribution in [-0.2, 0) is 45.4 Å². The zero-order valence-electron chi connectivity index (χ0n) is 23.8. The molecule has 13 heteroatoms. The molecule has 0 radical (unpaired) electrons. The van der Waals surface area contributed by atoms with Crippen molar-refractivity contribution in [1.29, 1.82) is 0 Å². The van der Waals surface area contributed by atoms with Crippen LogP contribution in [0.2, 0.25) is 0 Å². The first kappa shape index (κ1) is 32.5. The molecule has 42 heavy (non-hydrogen) atoms. The van der Waals surface area contributed by atoms with E-state index in [0.717, 1.165) is 17.2 Å². The van der Waals surface area contributed by atoms with Crippen LogP contribution in [0, 0.1) is 13.8 Å². The molecule has 0 spiro atoms. The largest absolute Gasteiger partial charge is 0.443 e. The summed E-state index contributed by atoms with van der Waals surface area (Å²) in [6.07, 6.45) is -5.73. The van der Waals surface area contributed by atoms with Gasteiger partial charge in [-0.2, -0.15) is 26.3 Å². The molecule has 0 saturated carbocycles. The van der Waals surface area contributed by atoms with Crippen molar-refractivity contribution < 1.29 is 35.9 Å². The summed E-state index contributed by atoms with van der Waals surface area (Å²) in [7, 11) is -4.17. The topological polar surface area (TPSA) is 126 Å². The lowest BCUT2D eigenvalue weighted by molar-refractivity contribution is -0.141. The zero-order valence-corrected chi connectivity index (χ0v) is 24.7. The number of hydrogen-bond acceptors (Lipinski definition) is 6. The molecule has 9 nitrogen and oxygen atoms in total. The van der Waals surface area contributed by atoms with Crippen molar-refractivity contribution in [3.63, 3.8) is 0 Å². The number of alkyl halides is 3. The van der Waals surface area contributed by atoms with Crippen LogP contribution in [0.25, 0.3) is 11.3 Å². The van der Waals surface area contributed by atoms with Gasteiger partial charge >= 0.3 is 22.5 Å². The molecule has 0 fully saturated rings. The smallest absolute Gasteiger partial charge is 0.433 e. The maximum Gasteiger partial charge on any atom is 0.433 e. The number of nitrogens with one attached hydrogen (secondary N) is 3.